The van der Waals surface area contributed by atoms with Crippen molar-refractivity contribution in [1.82, 2.24) is 0 Å². The third-order valence-corrected chi connectivity index (χ3v) is 6.80. The summed E-state index contributed by atoms with van der Waals surface area (Å²) < 4.78 is 0. The van der Waals surface area contributed by atoms with Crippen molar-refractivity contribution in [3.8, 4) is 0 Å². The lowest BCUT2D eigenvalue weighted by Crippen LogP contribution is -2.02. The Balaban J connectivity index is 3.51. The van der Waals surface area contributed by atoms with Crippen LogP contribution in [0.25, 0.3) is 0 Å². The fraction of sp³-hybridized carbons (Fsp3) is 0.806. The summed E-state index contributed by atoms with van der Waals surface area (Å²) in [5.41, 5.74) is 2.92. The highest BCUT2D eigenvalue weighted by molar-refractivity contribution is 4.95. The Morgan fingerprint density at radius 1 is 0.548 bits per heavy atom. The van der Waals surface area contributed by atoms with Crippen molar-refractivity contribution in [3.63, 3.8) is 0 Å². The SMILES string of the molecule is C=C(CC)CCC(CCC)CCC(=C)CCCCCCCCCC/C=C\CCCCC. The average molecular weight is 431 g/mol. The van der Waals surface area contributed by atoms with Crippen LogP contribution < -0.4 is 0 Å². The monoisotopic (exact) mass is 430 g/mol. The van der Waals surface area contributed by atoms with Crippen molar-refractivity contribution in [3.05, 3.63) is 36.5 Å². The molecule has 0 saturated heterocycles. The molecular weight excluding hydrogens is 372 g/mol. The van der Waals surface area contributed by atoms with Gasteiger partial charge in [0, 0.05) is 0 Å². The number of unbranched alkanes of at least 4 members (excludes halogenated alkanes) is 11. The predicted octanol–water partition coefficient (Wildman–Crippen LogP) is 11.5. The zero-order valence-electron chi connectivity index (χ0n) is 22.0. The molecule has 0 spiro atoms. The summed E-state index contributed by atoms with van der Waals surface area (Å²) in [4.78, 5) is 0. The van der Waals surface area contributed by atoms with Gasteiger partial charge in [-0.1, -0.05) is 121 Å². The molecule has 1 unspecified atom stereocenters. The number of rotatable bonds is 24. The Kier molecular flexibility index (Phi) is 23.3. The minimum atomic E-state index is 0.876. The molecule has 0 aliphatic rings. The maximum absolute atomic E-state index is 4.38. The van der Waals surface area contributed by atoms with E-state index in [0.717, 1.165) is 12.3 Å². The Morgan fingerprint density at radius 3 is 1.61 bits per heavy atom. The summed E-state index contributed by atoms with van der Waals surface area (Å²) in [5.74, 6) is 0.876. The molecule has 182 valence electrons. The lowest BCUT2D eigenvalue weighted by molar-refractivity contribution is 0.411. The van der Waals surface area contributed by atoms with E-state index < -0.39 is 0 Å². The molecule has 0 saturated carbocycles. The first-order chi connectivity index (χ1) is 15.1. The van der Waals surface area contributed by atoms with E-state index >= 15 is 0 Å². The topological polar surface area (TPSA) is 0 Å². The highest BCUT2D eigenvalue weighted by Gasteiger charge is 2.09. The van der Waals surface area contributed by atoms with Crippen LogP contribution in [0.1, 0.15) is 156 Å². The van der Waals surface area contributed by atoms with Crippen LogP contribution in [-0.2, 0) is 0 Å². The van der Waals surface area contributed by atoms with Gasteiger partial charge < -0.3 is 0 Å². The average Bonchev–Trinajstić information content (AvgIpc) is 2.77. The van der Waals surface area contributed by atoms with Gasteiger partial charge in [0.1, 0.15) is 0 Å². The Bertz CT molecular complexity index is 427. The molecule has 0 heteroatoms. The van der Waals surface area contributed by atoms with Crippen molar-refractivity contribution >= 4 is 0 Å². The minimum Gasteiger partial charge on any atom is -0.0999 e. The van der Waals surface area contributed by atoms with Gasteiger partial charge in [-0.25, -0.2) is 0 Å². The summed E-state index contributed by atoms with van der Waals surface area (Å²) in [6.45, 7) is 15.4. The van der Waals surface area contributed by atoms with Gasteiger partial charge in [-0.05, 0) is 76.5 Å². The van der Waals surface area contributed by atoms with E-state index in [1.807, 2.05) is 0 Å². The van der Waals surface area contributed by atoms with Gasteiger partial charge in [-0.3, -0.25) is 0 Å². The van der Waals surface area contributed by atoms with Crippen molar-refractivity contribution in [1.29, 1.82) is 0 Å². The molecule has 0 aliphatic carbocycles. The van der Waals surface area contributed by atoms with Crippen LogP contribution in [0.4, 0.5) is 0 Å². The first-order valence-corrected chi connectivity index (χ1v) is 14.1. The molecule has 0 aromatic carbocycles. The Hall–Kier alpha value is -0.780. The molecule has 0 N–H and O–H groups in total. The molecule has 0 aromatic heterocycles. The largest absolute Gasteiger partial charge is 0.0999 e. The molecule has 0 bridgehead atoms. The molecule has 0 nitrogen and oxygen atoms in total. The van der Waals surface area contributed by atoms with E-state index in [4.69, 9.17) is 0 Å². The Labute approximate surface area is 198 Å². The molecule has 31 heavy (non-hydrogen) atoms. The van der Waals surface area contributed by atoms with Crippen molar-refractivity contribution in [2.75, 3.05) is 0 Å². The zero-order chi connectivity index (χ0) is 23.0. The summed E-state index contributed by atoms with van der Waals surface area (Å²) in [6.07, 6.45) is 33.0. The molecule has 0 aromatic rings. The second-order valence-corrected chi connectivity index (χ2v) is 9.92. The standard InChI is InChI=1S/C31H58/c1-6-9-10-11-12-13-14-15-16-17-18-19-20-21-22-24-30(5)26-28-31(23-7-2)27-25-29(4)8-3/h12-13,31H,4-11,14-28H2,1-3H3/b13-12-. The van der Waals surface area contributed by atoms with Crippen LogP contribution >= 0.6 is 0 Å². The van der Waals surface area contributed by atoms with Crippen LogP contribution in [0, 0.1) is 5.92 Å². The molecule has 0 aliphatic heterocycles. The smallest absolute Gasteiger partial charge is 0.0320 e. The van der Waals surface area contributed by atoms with Crippen LogP contribution in [0.3, 0.4) is 0 Å². The van der Waals surface area contributed by atoms with Gasteiger partial charge in [-0.15, -0.1) is 0 Å². The van der Waals surface area contributed by atoms with Gasteiger partial charge in [-0.2, -0.15) is 0 Å². The van der Waals surface area contributed by atoms with Crippen LogP contribution in [0.2, 0.25) is 0 Å². The summed E-state index contributed by atoms with van der Waals surface area (Å²) in [6, 6.07) is 0. The fourth-order valence-corrected chi connectivity index (χ4v) is 4.41. The Morgan fingerprint density at radius 2 is 1.06 bits per heavy atom. The fourth-order valence-electron chi connectivity index (χ4n) is 4.41. The number of hydrogen-bond donors (Lipinski definition) is 0. The van der Waals surface area contributed by atoms with Crippen molar-refractivity contribution in [2.24, 2.45) is 5.92 Å². The van der Waals surface area contributed by atoms with Crippen LogP contribution in [0.15, 0.2) is 36.5 Å². The second kappa shape index (κ2) is 23.9. The highest BCUT2D eigenvalue weighted by atomic mass is 14.1. The first-order valence-electron chi connectivity index (χ1n) is 14.1. The summed E-state index contributed by atoms with van der Waals surface area (Å²) >= 11 is 0. The lowest BCUT2D eigenvalue weighted by Gasteiger charge is -2.17. The first kappa shape index (κ1) is 30.2. The molecule has 0 amide bonds. The maximum Gasteiger partial charge on any atom is -0.0320 e. The highest BCUT2D eigenvalue weighted by Crippen LogP contribution is 2.25. The van der Waals surface area contributed by atoms with Crippen LogP contribution in [-0.4, -0.2) is 0 Å². The van der Waals surface area contributed by atoms with Gasteiger partial charge in [0.2, 0.25) is 0 Å². The molecular formula is C31H58. The van der Waals surface area contributed by atoms with Gasteiger partial charge in [0.15, 0.2) is 0 Å². The quantitative estimate of drug-likeness (QED) is 0.105. The predicted molar refractivity (Wildman–Crippen MR) is 145 cm³/mol. The molecule has 0 fully saturated rings. The van der Waals surface area contributed by atoms with Crippen molar-refractivity contribution in [2.45, 2.75) is 156 Å². The molecule has 1 atom stereocenters. The van der Waals surface area contributed by atoms with E-state index in [9.17, 15) is 0 Å². The van der Waals surface area contributed by atoms with E-state index in [0.29, 0.717) is 0 Å². The minimum absolute atomic E-state index is 0.876. The summed E-state index contributed by atoms with van der Waals surface area (Å²) in [7, 11) is 0. The van der Waals surface area contributed by atoms with Gasteiger partial charge >= 0.3 is 0 Å². The second-order valence-electron chi connectivity index (χ2n) is 9.92. The summed E-state index contributed by atoms with van der Waals surface area (Å²) in [5, 5.41) is 0. The van der Waals surface area contributed by atoms with E-state index in [-0.39, 0.29) is 0 Å². The number of allylic oxidation sites excluding steroid dienone is 4. The molecule has 0 heterocycles. The van der Waals surface area contributed by atoms with Crippen molar-refractivity contribution < 1.29 is 0 Å². The van der Waals surface area contributed by atoms with E-state index in [1.165, 1.54) is 140 Å². The van der Waals surface area contributed by atoms with E-state index in [1.54, 1.807) is 0 Å². The maximum atomic E-state index is 4.38. The normalized spacial score (nSPS) is 12.5. The van der Waals surface area contributed by atoms with E-state index in [2.05, 4.69) is 46.1 Å². The number of hydrogen-bond acceptors (Lipinski definition) is 0. The van der Waals surface area contributed by atoms with Crippen LogP contribution in [0.5, 0.6) is 0 Å². The third-order valence-electron chi connectivity index (χ3n) is 6.80. The molecule has 0 radical (unpaired) electrons. The van der Waals surface area contributed by atoms with Gasteiger partial charge in [0.25, 0.3) is 0 Å². The lowest BCUT2D eigenvalue weighted by atomic mass is 9.89. The third kappa shape index (κ3) is 22.2. The van der Waals surface area contributed by atoms with Gasteiger partial charge in [0.05, 0.1) is 0 Å². The molecule has 0 rings (SSSR count). The zero-order valence-corrected chi connectivity index (χ0v) is 22.0.